The molecule has 4 N–H and O–H groups in total. The van der Waals surface area contributed by atoms with Gasteiger partial charge in [-0.05, 0) is 30.7 Å². The topological polar surface area (TPSA) is 105 Å². The fourth-order valence-corrected chi connectivity index (χ4v) is 1.76. The zero-order valence-electron chi connectivity index (χ0n) is 10.7. The van der Waals surface area contributed by atoms with Crippen molar-refractivity contribution in [1.29, 1.82) is 0 Å². The minimum atomic E-state index is -0.211. The fourth-order valence-electron chi connectivity index (χ4n) is 1.76. The first-order valence-electron chi connectivity index (χ1n) is 6.19. The van der Waals surface area contributed by atoms with Crippen LogP contribution in [0.25, 0.3) is 11.4 Å². The van der Waals surface area contributed by atoms with Crippen molar-refractivity contribution in [2.75, 3.05) is 6.54 Å². The molecule has 1 aromatic heterocycles. The maximum atomic E-state index is 9.44. The molecule has 0 spiro atoms. The van der Waals surface area contributed by atoms with E-state index in [1.807, 2.05) is 0 Å². The summed E-state index contributed by atoms with van der Waals surface area (Å²) in [7, 11) is 0. The van der Waals surface area contributed by atoms with Crippen molar-refractivity contribution in [1.82, 2.24) is 10.1 Å². The van der Waals surface area contributed by atoms with E-state index in [0.717, 1.165) is 6.42 Å². The van der Waals surface area contributed by atoms with E-state index in [1.165, 1.54) is 12.1 Å². The Kier molecular flexibility index (Phi) is 4.01. The number of benzene rings is 1. The van der Waals surface area contributed by atoms with Crippen molar-refractivity contribution in [2.24, 2.45) is 11.7 Å². The molecule has 0 radical (unpaired) electrons. The van der Waals surface area contributed by atoms with E-state index < -0.39 is 0 Å². The summed E-state index contributed by atoms with van der Waals surface area (Å²) in [6.07, 6.45) is 1.60. The van der Waals surface area contributed by atoms with Gasteiger partial charge in [0.15, 0.2) is 11.5 Å². The summed E-state index contributed by atoms with van der Waals surface area (Å²) < 4.78 is 5.16. The zero-order chi connectivity index (χ0) is 13.8. The quantitative estimate of drug-likeness (QED) is 0.709. The van der Waals surface area contributed by atoms with Gasteiger partial charge in [0.05, 0.1) is 0 Å². The largest absolute Gasteiger partial charge is 0.504 e. The molecule has 0 amide bonds. The minimum absolute atomic E-state index is 0.179. The molecule has 6 nitrogen and oxygen atoms in total. The van der Waals surface area contributed by atoms with Crippen molar-refractivity contribution < 1.29 is 14.7 Å². The molecule has 0 saturated heterocycles. The number of rotatable bonds is 5. The van der Waals surface area contributed by atoms with Crippen LogP contribution < -0.4 is 5.73 Å². The number of aromatic nitrogens is 2. The van der Waals surface area contributed by atoms with Crippen LogP contribution in [0.2, 0.25) is 0 Å². The molecule has 19 heavy (non-hydrogen) atoms. The molecule has 6 heteroatoms. The molecule has 1 aromatic carbocycles. The van der Waals surface area contributed by atoms with Crippen LogP contribution in [0.4, 0.5) is 0 Å². The van der Waals surface area contributed by atoms with Gasteiger partial charge in [-0.15, -0.1) is 0 Å². The number of nitrogens with two attached hydrogens (primary N) is 1. The lowest BCUT2D eigenvalue weighted by Crippen LogP contribution is -2.15. The molecule has 0 fully saturated rings. The second-order valence-corrected chi connectivity index (χ2v) is 4.43. The highest BCUT2D eigenvalue weighted by Gasteiger charge is 2.14. The Morgan fingerprint density at radius 1 is 1.32 bits per heavy atom. The third-order valence-electron chi connectivity index (χ3n) is 3.08. The molecule has 0 bridgehead atoms. The van der Waals surface area contributed by atoms with Gasteiger partial charge in [0.1, 0.15) is 0 Å². The molecule has 1 unspecified atom stereocenters. The van der Waals surface area contributed by atoms with Crippen LogP contribution in [0, 0.1) is 5.92 Å². The van der Waals surface area contributed by atoms with E-state index in [-0.39, 0.29) is 11.5 Å². The third-order valence-corrected chi connectivity index (χ3v) is 3.08. The lowest BCUT2D eigenvalue weighted by molar-refractivity contribution is 0.350. The molecule has 0 saturated carbocycles. The van der Waals surface area contributed by atoms with Crippen LogP contribution in [0.5, 0.6) is 11.5 Å². The highest BCUT2D eigenvalue weighted by atomic mass is 16.5. The van der Waals surface area contributed by atoms with Gasteiger partial charge in [-0.3, -0.25) is 0 Å². The highest BCUT2D eigenvalue weighted by Crippen LogP contribution is 2.29. The number of hydrogen-bond donors (Lipinski definition) is 3. The van der Waals surface area contributed by atoms with Gasteiger partial charge in [0.25, 0.3) is 0 Å². The van der Waals surface area contributed by atoms with Gasteiger partial charge < -0.3 is 20.5 Å². The third kappa shape index (κ3) is 3.03. The van der Waals surface area contributed by atoms with Gasteiger partial charge in [0, 0.05) is 12.0 Å². The summed E-state index contributed by atoms with van der Waals surface area (Å²) in [6, 6.07) is 4.39. The van der Waals surface area contributed by atoms with Crippen LogP contribution in [0.1, 0.15) is 19.2 Å². The maximum Gasteiger partial charge on any atom is 0.227 e. The van der Waals surface area contributed by atoms with Crippen LogP contribution >= 0.6 is 0 Å². The van der Waals surface area contributed by atoms with Gasteiger partial charge in [-0.25, -0.2) is 0 Å². The number of aromatic hydroxyl groups is 2. The van der Waals surface area contributed by atoms with Gasteiger partial charge >= 0.3 is 0 Å². The molecule has 0 aliphatic heterocycles. The summed E-state index contributed by atoms with van der Waals surface area (Å²) in [5.74, 6) is 0.845. The first kappa shape index (κ1) is 13.4. The Hall–Kier alpha value is -2.08. The number of nitrogens with zero attached hydrogens (tertiary/aromatic N) is 2. The molecule has 2 aromatic rings. The molecule has 0 aliphatic rings. The number of phenolic OH excluding ortho intramolecular Hbond substituents is 2. The van der Waals surface area contributed by atoms with E-state index in [9.17, 15) is 10.2 Å². The molecular formula is C13H17N3O3. The summed E-state index contributed by atoms with van der Waals surface area (Å²) >= 11 is 0. The smallest absolute Gasteiger partial charge is 0.227 e. The summed E-state index contributed by atoms with van der Waals surface area (Å²) in [6.45, 7) is 2.64. The number of phenols is 2. The average Bonchev–Trinajstić information content (AvgIpc) is 2.87. The van der Waals surface area contributed by atoms with Crippen LogP contribution in [-0.4, -0.2) is 26.9 Å². The lowest BCUT2D eigenvalue weighted by Gasteiger charge is -2.07. The van der Waals surface area contributed by atoms with Crippen LogP contribution in [-0.2, 0) is 6.42 Å². The Labute approximate surface area is 110 Å². The monoisotopic (exact) mass is 263 g/mol. The molecule has 102 valence electrons. The standard InChI is InChI=1S/C13H17N3O3/c1-2-8(7-14)5-12-15-13(16-19-12)9-3-4-10(17)11(18)6-9/h3-4,6,8,17-18H,2,5,7,14H2,1H3. The second kappa shape index (κ2) is 5.71. The fraction of sp³-hybridized carbons (Fsp3) is 0.385. The van der Waals surface area contributed by atoms with Crippen molar-refractivity contribution >= 4 is 0 Å². The normalized spacial score (nSPS) is 12.5. The van der Waals surface area contributed by atoms with Crippen molar-refractivity contribution in [3.63, 3.8) is 0 Å². The van der Waals surface area contributed by atoms with Crippen molar-refractivity contribution in [2.45, 2.75) is 19.8 Å². The van der Waals surface area contributed by atoms with E-state index in [1.54, 1.807) is 6.07 Å². The molecule has 1 atom stereocenters. The predicted molar refractivity (Wildman–Crippen MR) is 69.6 cm³/mol. The SMILES string of the molecule is CCC(CN)Cc1nc(-c2ccc(O)c(O)c2)no1. The molecule has 2 rings (SSSR count). The Morgan fingerprint density at radius 2 is 2.11 bits per heavy atom. The van der Waals surface area contributed by atoms with Crippen molar-refractivity contribution in [3.05, 3.63) is 24.1 Å². The van der Waals surface area contributed by atoms with Gasteiger partial charge in [-0.1, -0.05) is 18.5 Å². The average molecular weight is 263 g/mol. The molecule has 0 aliphatic carbocycles. The van der Waals surface area contributed by atoms with E-state index in [4.69, 9.17) is 10.3 Å². The first-order valence-corrected chi connectivity index (χ1v) is 6.19. The van der Waals surface area contributed by atoms with E-state index >= 15 is 0 Å². The Morgan fingerprint density at radius 3 is 2.74 bits per heavy atom. The summed E-state index contributed by atoms with van der Waals surface area (Å²) in [4.78, 5) is 4.26. The second-order valence-electron chi connectivity index (χ2n) is 4.43. The van der Waals surface area contributed by atoms with E-state index in [0.29, 0.717) is 36.2 Å². The minimum Gasteiger partial charge on any atom is -0.504 e. The van der Waals surface area contributed by atoms with Gasteiger partial charge in [-0.2, -0.15) is 4.98 Å². The van der Waals surface area contributed by atoms with Crippen LogP contribution in [0.3, 0.4) is 0 Å². The summed E-state index contributed by atoms with van der Waals surface area (Å²) in [5, 5.41) is 22.5. The first-order chi connectivity index (χ1) is 9.13. The van der Waals surface area contributed by atoms with E-state index in [2.05, 4.69) is 17.1 Å². The zero-order valence-corrected chi connectivity index (χ0v) is 10.7. The maximum absolute atomic E-state index is 9.44. The molecule has 1 heterocycles. The Bertz CT molecular complexity index is 550. The number of hydrogen-bond acceptors (Lipinski definition) is 6. The van der Waals surface area contributed by atoms with Crippen LogP contribution in [0.15, 0.2) is 22.7 Å². The lowest BCUT2D eigenvalue weighted by atomic mass is 10.0. The highest BCUT2D eigenvalue weighted by molar-refractivity contribution is 5.59. The predicted octanol–water partition coefficient (Wildman–Crippen LogP) is 1.68. The Balaban J connectivity index is 2.18. The van der Waals surface area contributed by atoms with Crippen molar-refractivity contribution in [3.8, 4) is 22.9 Å². The molecular weight excluding hydrogens is 246 g/mol. The van der Waals surface area contributed by atoms with Gasteiger partial charge in [0.2, 0.25) is 11.7 Å². The summed E-state index contributed by atoms with van der Waals surface area (Å²) in [5.41, 5.74) is 6.22.